The number of carbonyl (C=O) groups is 1. The largest absolute Gasteiger partial charge is 0.454 e. The van der Waals surface area contributed by atoms with Crippen molar-refractivity contribution in [3.8, 4) is 11.5 Å². The Morgan fingerprint density at radius 2 is 1.54 bits per heavy atom. The molecule has 2 aromatic heterocycles. The molecule has 1 amide bonds. The lowest BCUT2D eigenvalue weighted by atomic mass is 9.87. The number of benzene rings is 3. The summed E-state index contributed by atoms with van der Waals surface area (Å²) in [6, 6.07) is 16.7. The minimum Gasteiger partial charge on any atom is -0.454 e. The fraction of sp³-hybridized carbons (Fsp3) is 0.303. The molecule has 11 nitrogen and oxygen atoms in total. The second kappa shape index (κ2) is 13.9. The minimum absolute atomic E-state index is 0.0452. The molecule has 46 heavy (non-hydrogen) atoms. The lowest BCUT2D eigenvalue weighted by Gasteiger charge is -2.28. The molecule has 0 aliphatic carbocycles. The Labute approximate surface area is 264 Å². The molecule has 0 saturated carbocycles. The fourth-order valence-electron chi connectivity index (χ4n) is 4.89. The van der Waals surface area contributed by atoms with Crippen LogP contribution in [0.25, 0.3) is 0 Å². The van der Waals surface area contributed by atoms with Crippen LogP contribution < -0.4 is 14.8 Å². The second-order valence-electron chi connectivity index (χ2n) is 11.9. The number of ether oxygens (including phenoxy) is 2. The van der Waals surface area contributed by atoms with Gasteiger partial charge in [0.05, 0.1) is 13.1 Å². The summed E-state index contributed by atoms with van der Waals surface area (Å²) in [7, 11) is 0. The summed E-state index contributed by atoms with van der Waals surface area (Å²) in [5, 5.41) is 21.7. The van der Waals surface area contributed by atoms with E-state index in [0.29, 0.717) is 12.1 Å². The lowest BCUT2D eigenvalue weighted by molar-refractivity contribution is -0.00856. The molecular formula is C33H35F2N7O4. The number of hydrogen-bond acceptors (Lipinski definition) is 8. The van der Waals surface area contributed by atoms with Crippen LogP contribution in [0.15, 0.2) is 86.0 Å². The third-order valence-electron chi connectivity index (χ3n) is 7.36. The minimum atomic E-state index is -1.70. The maximum absolute atomic E-state index is 14.1. The van der Waals surface area contributed by atoms with Crippen molar-refractivity contribution in [3.05, 3.63) is 120 Å². The molecule has 0 saturated heterocycles. The summed E-state index contributed by atoms with van der Waals surface area (Å²) in [6.45, 7) is 7.19. The van der Waals surface area contributed by atoms with Crippen molar-refractivity contribution in [2.75, 3.05) is 13.3 Å². The highest BCUT2D eigenvalue weighted by Crippen LogP contribution is 2.32. The highest BCUT2D eigenvalue weighted by molar-refractivity contribution is 5.94. The Kier molecular flexibility index (Phi) is 9.71. The SMILES string of the molecule is CC(C)(C)c1ccc(C(=O)NCCc2ccc3c(c2)OCO3)cc1.OC(Cn1cncn1)(Cn1cncn1)c1ccc(F)cc1F. The first-order chi connectivity index (χ1) is 22.0. The number of hydrogen-bond donors (Lipinski definition) is 2. The standard InChI is InChI=1S/C20H23NO3.C13H12F2N6O/c1-20(2,3)16-7-5-15(6-8-16)19(22)21-11-10-14-4-9-17-18(12-14)24-13-23-17;14-10-1-2-11(12(15)3-10)13(22,4-20-8-16-6-18-20)5-21-9-17-7-19-21/h4-9,12H,10-11,13H2,1-3H3,(H,21,22);1-3,6-9,22H,4-5H2. The molecular weight excluding hydrogens is 596 g/mol. The van der Waals surface area contributed by atoms with Crippen molar-refractivity contribution in [2.45, 2.75) is 51.3 Å². The van der Waals surface area contributed by atoms with Crippen LogP contribution in [0.2, 0.25) is 0 Å². The van der Waals surface area contributed by atoms with Crippen molar-refractivity contribution < 1.29 is 28.2 Å². The molecule has 1 aliphatic rings. The zero-order valence-electron chi connectivity index (χ0n) is 25.7. The molecule has 0 bridgehead atoms. The van der Waals surface area contributed by atoms with E-state index in [2.05, 4.69) is 46.3 Å². The summed E-state index contributed by atoms with van der Waals surface area (Å²) >= 11 is 0. The smallest absolute Gasteiger partial charge is 0.251 e. The molecule has 240 valence electrons. The molecule has 0 radical (unpaired) electrons. The van der Waals surface area contributed by atoms with Gasteiger partial charge in [-0.05, 0) is 53.3 Å². The zero-order valence-corrected chi connectivity index (χ0v) is 25.7. The van der Waals surface area contributed by atoms with Crippen LogP contribution in [0, 0.1) is 11.6 Å². The average Bonchev–Trinajstić information content (AvgIpc) is 3.81. The van der Waals surface area contributed by atoms with Gasteiger partial charge in [0, 0.05) is 23.7 Å². The van der Waals surface area contributed by atoms with E-state index in [1.807, 2.05) is 42.5 Å². The van der Waals surface area contributed by atoms with Crippen molar-refractivity contribution in [1.29, 1.82) is 0 Å². The van der Waals surface area contributed by atoms with Crippen molar-refractivity contribution in [2.24, 2.45) is 0 Å². The lowest BCUT2D eigenvalue weighted by Crippen LogP contribution is -2.37. The van der Waals surface area contributed by atoms with Crippen LogP contribution in [0.5, 0.6) is 11.5 Å². The molecule has 0 fully saturated rings. The Morgan fingerprint density at radius 3 is 2.13 bits per heavy atom. The van der Waals surface area contributed by atoms with Crippen molar-refractivity contribution in [3.63, 3.8) is 0 Å². The molecule has 2 N–H and O–H groups in total. The van der Waals surface area contributed by atoms with Gasteiger partial charge in [-0.2, -0.15) is 10.2 Å². The van der Waals surface area contributed by atoms with Crippen LogP contribution in [0.4, 0.5) is 8.78 Å². The number of carbonyl (C=O) groups excluding carboxylic acids is 1. The number of aliphatic hydroxyl groups is 1. The summed E-state index contributed by atoms with van der Waals surface area (Å²) in [6.07, 6.45) is 6.15. The Balaban J connectivity index is 0.000000182. The summed E-state index contributed by atoms with van der Waals surface area (Å²) in [5.74, 6) is -0.0534. The van der Waals surface area contributed by atoms with Gasteiger partial charge in [0.15, 0.2) is 11.5 Å². The summed E-state index contributed by atoms with van der Waals surface area (Å²) in [4.78, 5) is 19.8. The van der Waals surface area contributed by atoms with Gasteiger partial charge in [-0.1, -0.05) is 45.0 Å². The van der Waals surface area contributed by atoms with Crippen LogP contribution >= 0.6 is 0 Å². The van der Waals surface area contributed by atoms with E-state index < -0.39 is 17.2 Å². The Hall–Kier alpha value is -5.17. The number of nitrogens with zero attached hydrogens (tertiary/aromatic N) is 6. The van der Waals surface area contributed by atoms with Gasteiger partial charge < -0.3 is 19.9 Å². The van der Waals surface area contributed by atoms with Crippen LogP contribution in [-0.4, -0.2) is 53.9 Å². The number of rotatable bonds is 9. The van der Waals surface area contributed by atoms with Gasteiger partial charge in [0.2, 0.25) is 6.79 Å². The first kappa shape index (κ1) is 32.2. The molecule has 3 heterocycles. The van der Waals surface area contributed by atoms with Crippen LogP contribution in [0.3, 0.4) is 0 Å². The third kappa shape index (κ3) is 8.10. The topological polar surface area (TPSA) is 129 Å². The first-order valence-corrected chi connectivity index (χ1v) is 14.6. The fourth-order valence-corrected chi connectivity index (χ4v) is 4.89. The van der Waals surface area contributed by atoms with Crippen LogP contribution in [-0.2, 0) is 30.5 Å². The number of amides is 1. The summed E-state index contributed by atoms with van der Waals surface area (Å²) < 4.78 is 40.6. The molecule has 3 aromatic carbocycles. The summed E-state index contributed by atoms with van der Waals surface area (Å²) in [5.41, 5.74) is 1.36. The van der Waals surface area contributed by atoms with E-state index in [1.54, 1.807) is 0 Å². The van der Waals surface area contributed by atoms with E-state index in [4.69, 9.17) is 9.47 Å². The molecule has 0 atom stereocenters. The maximum atomic E-state index is 14.1. The second-order valence-corrected chi connectivity index (χ2v) is 11.9. The zero-order chi connectivity index (χ0) is 32.7. The molecule has 5 aromatic rings. The van der Waals surface area contributed by atoms with E-state index in [-0.39, 0.29) is 36.8 Å². The molecule has 0 unspecified atom stereocenters. The molecule has 13 heteroatoms. The average molecular weight is 632 g/mol. The molecule has 6 rings (SSSR count). The first-order valence-electron chi connectivity index (χ1n) is 14.6. The predicted octanol–water partition coefficient (Wildman–Crippen LogP) is 4.42. The molecule has 1 aliphatic heterocycles. The predicted molar refractivity (Wildman–Crippen MR) is 164 cm³/mol. The Bertz CT molecular complexity index is 1700. The van der Waals surface area contributed by atoms with Gasteiger partial charge >= 0.3 is 0 Å². The number of halogens is 2. The van der Waals surface area contributed by atoms with E-state index in [9.17, 15) is 18.7 Å². The maximum Gasteiger partial charge on any atom is 0.251 e. The van der Waals surface area contributed by atoms with Gasteiger partial charge in [0.1, 0.15) is 42.5 Å². The van der Waals surface area contributed by atoms with Crippen LogP contribution in [0.1, 0.15) is 47.8 Å². The third-order valence-corrected chi connectivity index (χ3v) is 7.36. The van der Waals surface area contributed by atoms with Gasteiger partial charge in [-0.3, -0.25) is 4.79 Å². The van der Waals surface area contributed by atoms with Gasteiger partial charge in [-0.25, -0.2) is 28.1 Å². The highest BCUT2D eigenvalue weighted by atomic mass is 19.1. The van der Waals surface area contributed by atoms with E-state index in [1.165, 1.54) is 46.3 Å². The Morgan fingerprint density at radius 1 is 0.891 bits per heavy atom. The van der Waals surface area contributed by atoms with E-state index >= 15 is 0 Å². The number of aromatic nitrogens is 6. The quantitative estimate of drug-likeness (QED) is 0.245. The number of nitrogens with one attached hydrogen (secondary N) is 1. The number of fused-ring (bicyclic) bond motifs is 1. The monoisotopic (exact) mass is 631 g/mol. The van der Waals surface area contributed by atoms with Gasteiger partial charge in [-0.15, -0.1) is 0 Å². The van der Waals surface area contributed by atoms with Crippen molar-refractivity contribution >= 4 is 5.91 Å². The highest BCUT2D eigenvalue weighted by Gasteiger charge is 2.34. The van der Waals surface area contributed by atoms with Gasteiger partial charge in [0.25, 0.3) is 5.91 Å². The molecule has 0 spiro atoms. The van der Waals surface area contributed by atoms with Crippen molar-refractivity contribution in [1.82, 2.24) is 34.8 Å². The van der Waals surface area contributed by atoms with E-state index in [0.717, 1.165) is 35.6 Å². The normalized spacial score (nSPS) is 12.4.